The van der Waals surface area contributed by atoms with Gasteiger partial charge in [-0.25, -0.2) is 15.0 Å². The fraction of sp³-hybridized carbons (Fsp3) is 0.462. The molecule has 18 heavy (non-hydrogen) atoms. The summed E-state index contributed by atoms with van der Waals surface area (Å²) in [6.45, 7) is 8.35. The van der Waals surface area contributed by atoms with Gasteiger partial charge >= 0.3 is 0 Å². The van der Waals surface area contributed by atoms with E-state index >= 15 is 0 Å². The van der Waals surface area contributed by atoms with E-state index in [-0.39, 0.29) is 5.41 Å². The van der Waals surface area contributed by atoms with Crippen LogP contribution < -0.4 is 5.32 Å². The number of anilines is 1. The quantitative estimate of drug-likeness (QED) is 0.902. The predicted octanol–water partition coefficient (Wildman–Crippen LogP) is 3.25. The minimum absolute atomic E-state index is 0.0412. The Kier molecular flexibility index (Phi) is 3.34. The molecule has 0 radical (unpaired) electrons. The lowest BCUT2D eigenvalue weighted by atomic mass is 9.95. The van der Waals surface area contributed by atoms with Gasteiger partial charge in [-0.2, -0.15) is 0 Å². The van der Waals surface area contributed by atoms with Gasteiger partial charge in [-0.3, -0.25) is 0 Å². The van der Waals surface area contributed by atoms with Crippen LogP contribution in [-0.2, 0) is 5.41 Å². The zero-order chi connectivity index (χ0) is 13.3. The highest BCUT2D eigenvalue weighted by molar-refractivity contribution is 7.19. The lowest BCUT2D eigenvalue weighted by Crippen LogP contribution is -2.15. The van der Waals surface area contributed by atoms with Gasteiger partial charge in [0, 0.05) is 18.7 Å². The normalized spacial score (nSPS) is 11.6. The molecule has 2 heterocycles. The number of rotatable bonds is 2. The first kappa shape index (κ1) is 13.0. The number of aryl methyl sites for hydroxylation is 1. The van der Waals surface area contributed by atoms with E-state index in [1.165, 1.54) is 0 Å². The zero-order valence-corrected chi connectivity index (χ0v) is 12.2. The minimum Gasteiger partial charge on any atom is -0.365 e. The van der Waals surface area contributed by atoms with Gasteiger partial charge in [0.05, 0.1) is 16.3 Å². The van der Waals surface area contributed by atoms with Crippen molar-refractivity contribution < 1.29 is 0 Å². The maximum Gasteiger partial charge on any atom is 0.183 e. The summed E-state index contributed by atoms with van der Waals surface area (Å²) in [6, 6.07) is 1.94. The molecule has 0 saturated heterocycles. The lowest BCUT2D eigenvalue weighted by molar-refractivity contribution is 0.546. The smallest absolute Gasteiger partial charge is 0.183 e. The van der Waals surface area contributed by atoms with Gasteiger partial charge in [-0.15, -0.1) is 0 Å². The summed E-state index contributed by atoms with van der Waals surface area (Å²) in [7, 11) is 1.88. The molecule has 0 aliphatic carbocycles. The average Bonchev–Trinajstić information content (AvgIpc) is 2.70. The van der Waals surface area contributed by atoms with Crippen molar-refractivity contribution in [1.29, 1.82) is 0 Å². The summed E-state index contributed by atoms with van der Waals surface area (Å²) in [6.07, 6.45) is 1.82. The van der Waals surface area contributed by atoms with Crippen molar-refractivity contribution in [3.05, 3.63) is 23.8 Å². The first-order valence-electron chi connectivity index (χ1n) is 5.91. The zero-order valence-electron chi connectivity index (χ0n) is 11.4. The number of hydrogen-bond acceptors (Lipinski definition) is 5. The largest absolute Gasteiger partial charge is 0.365 e. The van der Waals surface area contributed by atoms with Crippen molar-refractivity contribution in [2.45, 2.75) is 33.1 Å². The van der Waals surface area contributed by atoms with Gasteiger partial charge in [0.2, 0.25) is 0 Å². The lowest BCUT2D eigenvalue weighted by Gasteiger charge is -2.16. The Labute approximate surface area is 112 Å². The number of thiazole rings is 1. The average molecular weight is 262 g/mol. The highest BCUT2D eigenvalue weighted by atomic mass is 32.1. The molecule has 1 N–H and O–H groups in total. The summed E-state index contributed by atoms with van der Waals surface area (Å²) in [4.78, 5) is 14.6. The van der Waals surface area contributed by atoms with Crippen molar-refractivity contribution in [3.63, 3.8) is 0 Å². The van der Waals surface area contributed by atoms with Crippen LogP contribution in [0.2, 0.25) is 0 Å². The van der Waals surface area contributed by atoms with E-state index in [1.807, 2.05) is 26.2 Å². The SMILES string of the molecule is CNc1nc(C)c(-c2ccnc(C(C)(C)C)n2)s1. The standard InChI is InChI=1S/C13H18N4S/c1-8-10(18-12(14-5)16-8)9-6-7-15-11(17-9)13(2,3)4/h6-7H,1-5H3,(H,14,16). The number of aromatic nitrogens is 3. The highest BCUT2D eigenvalue weighted by Gasteiger charge is 2.19. The molecular formula is C13H18N4S. The van der Waals surface area contributed by atoms with Crippen molar-refractivity contribution >= 4 is 16.5 Å². The molecule has 2 rings (SSSR count). The van der Waals surface area contributed by atoms with Crippen molar-refractivity contribution in [2.75, 3.05) is 12.4 Å². The van der Waals surface area contributed by atoms with E-state index in [4.69, 9.17) is 0 Å². The maximum atomic E-state index is 4.65. The minimum atomic E-state index is -0.0412. The van der Waals surface area contributed by atoms with E-state index in [1.54, 1.807) is 11.3 Å². The van der Waals surface area contributed by atoms with E-state index in [0.29, 0.717) is 0 Å². The molecule has 0 aromatic carbocycles. The molecule has 0 aliphatic rings. The number of nitrogens with zero attached hydrogens (tertiary/aromatic N) is 3. The van der Waals surface area contributed by atoms with Crippen LogP contribution in [0.4, 0.5) is 5.13 Å². The van der Waals surface area contributed by atoms with Crippen LogP contribution in [-0.4, -0.2) is 22.0 Å². The van der Waals surface area contributed by atoms with Crippen LogP contribution in [0.3, 0.4) is 0 Å². The molecule has 0 bridgehead atoms. The molecule has 0 atom stereocenters. The Morgan fingerprint density at radius 3 is 2.50 bits per heavy atom. The van der Waals surface area contributed by atoms with Crippen LogP contribution in [0.5, 0.6) is 0 Å². The molecule has 0 spiro atoms. The molecule has 0 unspecified atom stereocenters. The van der Waals surface area contributed by atoms with E-state index < -0.39 is 0 Å². The molecule has 0 amide bonds. The molecule has 5 heteroatoms. The molecule has 0 aliphatic heterocycles. The summed E-state index contributed by atoms with van der Waals surface area (Å²) >= 11 is 1.62. The van der Waals surface area contributed by atoms with E-state index in [9.17, 15) is 0 Å². The third-order valence-corrected chi connectivity index (χ3v) is 3.77. The second-order valence-corrected chi connectivity index (χ2v) is 6.20. The first-order valence-corrected chi connectivity index (χ1v) is 6.72. The van der Waals surface area contributed by atoms with Gasteiger partial charge < -0.3 is 5.32 Å². The predicted molar refractivity (Wildman–Crippen MR) is 76.1 cm³/mol. The summed E-state index contributed by atoms with van der Waals surface area (Å²) in [5.41, 5.74) is 1.91. The van der Waals surface area contributed by atoms with Crippen LogP contribution in [0.15, 0.2) is 12.3 Å². The van der Waals surface area contributed by atoms with Gasteiger partial charge in [-0.05, 0) is 13.0 Å². The van der Waals surface area contributed by atoms with E-state index in [0.717, 1.165) is 27.2 Å². The number of hydrogen-bond donors (Lipinski definition) is 1. The van der Waals surface area contributed by atoms with Crippen molar-refractivity contribution in [1.82, 2.24) is 15.0 Å². The third-order valence-electron chi connectivity index (χ3n) is 2.57. The van der Waals surface area contributed by atoms with Crippen LogP contribution in [0.1, 0.15) is 32.3 Å². The second kappa shape index (κ2) is 4.65. The van der Waals surface area contributed by atoms with Gasteiger partial charge in [0.1, 0.15) is 5.82 Å². The fourth-order valence-electron chi connectivity index (χ4n) is 1.59. The summed E-state index contributed by atoms with van der Waals surface area (Å²) in [5.74, 6) is 0.860. The summed E-state index contributed by atoms with van der Waals surface area (Å²) in [5, 5.41) is 3.98. The summed E-state index contributed by atoms with van der Waals surface area (Å²) < 4.78 is 0. The molecule has 0 fully saturated rings. The number of nitrogens with one attached hydrogen (secondary N) is 1. The molecule has 0 saturated carbocycles. The monoisotopic (exact) mass is 262 g/mol. The first-order chi connectivity index (χ1) is 8.41. The van der Waals surface area contributed by atoms with E-state index in [2.05, 4.69) is 41.0 Å². The Hall–Kier alpha value is -1.49. The van der Waals surface area contributed by atoms with Crippen molar-refractivity contribution in [2.24, 2.45) is 0 Å². The van der Waals surface area contributed by atoms with Crippen molar-refractivity contribution in [3.8, 4) is 10.6 Å². The molecule has 4 nitrogen and oxygen atoms in total. The highest BCUT2D eigenvalue weighted by Crippen LogP contribution is 2.32. The second-order valence-electron chi connectivity index (χ2n) is 5.20. The van der Waals surface area contributed by atoms with Gasteiger partial charge in [0.25, 0.3) is 0 Å². The Morgan fingerprint density at radius 1 is 1.22 bits per heavy atom. The fourth-order valence-corrected chi connectivity index (χ4v) is 2.48. The Balaban J connectivity index is 2.47. The Morgan fingerprint density at radius 2 is 1.94 bits per heavy atom. The Bertz CT molecular complexity index is 554. The molecule has 2 aromatic heterocycles. The van der Waals surface area contributed by atoms with Crippen LogP contribution >= 0.6 is 11.3 Å². The van der Waals surface area contributed by atoms with Crippen LogP contribution in [0, 0.1) is 6.92 Å². The molecular weight excluding hydrogens is 244 g/mol. The topological polar surface area (TPSA) is 50.7 Å². The third kappa shape index (κ3) is 2.51. The van der Waals surface area contributed by atoms with Crippen LogP contribution in [0.25, 0.3) is 10.6 Å². The maximum absolute atomic E-state index is 4.65. The molecule has 96 valence electrons. The van der Waals surface area contributed by atoms with Gasteiger partial charge in [0.15, 0.2) is 5.13 Å². The van der Waals surface area contributed by atoms with Gasteiger partial charge in [-0.1, -0.05) is 32.1 Å². The molecule has 2 aromatic rings.